The summed E-state index contributed by atoms with van der Waals surface area (Å²) in [6.07, 6.45) is 1.72. The Balaban J connectivity index is 2.54. The third-order valence-corrected chi connectivity index (χ3v) is 2.93. The predicted octanol–water partition coefficient (Wildman–Crippen LogP) is 4.51. The van der Waals surface area contributed by atoms with Crippen LogP contribution in [0.5, 0.6) is 17.6 Å². The van der Waals surface area contributed by atoms with Crippen molar-refractivity contribution in [2.24, 2.45) is 0 Å². The van der Waals surface area contributed by atoms with Crippen molar-refractivity contribution in [3.63, 3.8) is 0 Å². The van der Waals surface area contributed by atoms with Crippen LogP contribution in [-0.4, -0.2) is 28.3 Å². The normalized spacial score (nSPS) is 12.0. The highest BCUT2D eigenvalue weighted by molar-refractivity contribution is 5.73. The standard InChI is InChI=1S/C19H26N2O3/c1-18(2,3)23-16-14(13-10-8-9-11-15(13)22-7)12-20-17(21-16)24-19(4,5)6/h8-12H,1-7H3. The van der Waals surface area contributed by atoms with E-state index in [-0.39, 0.29) is 5.60 Å². The van der Waals surface area contributed by atoms with Crippen LogP contribution in [0.4, 0.5) is 0 Å². The molecule has 1 heterocycles. The summed E-state index contributed by atoms with van der Waals surface area (Å²) in [7, 11) is 1.64. The number of methoxy groups -OCH3 is 1. The van der Waals surface area contributed by atoms with Gasteiger partial charge in [-0.2, -0.15) is 4.98 Å². The lowest BCUT2D eigenvalue weighted by Gasteiger charge is -2.24. The Kier molecular flexibility index (Phi) is 5.02. The van der Waals surface area contributed by atoms with Crippen molar-refractivity contribution < 1.29 is 14.2 Å². The van der Waals surface area contributed by atoms with E-state index in [1.807, 2.05) is 65.8 Å². The topological polar surface area (TPSA) is 53.5 Å². The van der Waals surface area contributed by atoms with E-state index in [1.54, 1.807) is 13.3 Å². The fraction of sp³-hybridized carbons (Fsp3) is 0.474. The van der Waals surface area contributed by atoms with Crippen LogP contribution in [0.3, 0.4) is 0 Å². The first kappa shape index (κ1) is 18.0. The van der Waals surface area contributed by atoms with Gasteiger partial charge in [-0.25, -0.2) is 4.98 Å². The van der Waals surface area contributed by atoms with E-state index in [4.69, 9.17) is 14.2 Å². The number of hydrogen-bond donors (Lipinski definition) is 0. The molecule has 1 aromatic heterocycles. The molecule has 5 heteroatoms. The van der Waals surface area contributed by atoms with Gasteiger partial charge in [0.1, 0.15) is 17.0 Å². The number of hydrogen-bond acceptors (Lipinski definition) is 5. The van der Waals surface area contributed by atoms with Gasteiger partial charge < -0.3 is 14.2 Å². The van der Waals surface area contributed by atoms with E-state index in [0.717, 1.165) is 16.9 Å². The minimum absolute atomic E-state index is 0.292. The van der Waals surface area contributed by atoms with E-state index in [0.29, 0.717) is 11.9 Å². The zero-order valence-electron chi connectivity index (χ0n) is 15.5. The molecule has 0 aliphatic carbocycles. The minimum atomic E-state index is -0.399. The summed E-state index contributed by atoms with van der Waals surface area (Å²) in [5.74, 6) is 1.21. The molecule has 2 rings (SSSR count). The first-order chi connectivity index (χ1) is 11.1. The van der Waals surface area contributed by atoms with E-state index < -0.39 is 5.60 Å². The molecule has 0 aliphatic rings. The summed E-state index contributed by atoms with van der Waals surface area (Å²) in [4.78, 5) is 8.82. The van der Waals surface area contributed by atoms with Gasteiger partial charge in [-0.05, 0) is 47.6 Å². The largest absolute Gasteiger partial charge is 0.496 e. The average molecular weight is 330 g/mol. The van der Waals surface area contributed by atoms with Crippen LogP contribution in [0, 0.1) is 0 Å². The van der Waals surface area contributed by atoms with Gasteiger partial charge in [0.05, 0.1) is 12.7 Å². The van der Waals surface area contributed by atoms with Crippen LogP contribution in [-0.2, 0) is 0 Å². The second-order valence-corrected chi connectivity index (χ2v) is 7.50. The lowest BCUT2D eigenvalue weighted by atomic mass is 10.1. The molecular formula is C19H26N2O3. The van der Waals surface area contributed by atoms with Gasteiger partial charge in [0.15, 0.2) is 0 Å². The van der Waals surface area contributed by atoms with Crippen molar-refractivity contribution in [1.82, 2.24) is 9.97 Å². The smallest absolute Gasteiger partial charge is 0.320 e. The number of ether oxygens (including phenoxy) is 3. The van der Waals surface area contributed by atoms with Gasteiger partial charge in [0.2, 0.25) is 5.88 Å². The Morgan fingerprint density at radius 2 is 1.46 bits per heavy atom. The molecule has 0 saturated heterocycles. The Hall–Kier alpha value is -2.30. The highest BCUT2D eigenvalue weighted by atomic mass is 16.5. The van der Waals surface area contributed by atoms with Gasteiger partial charge in [-0.3, -0.25) is 0 Å². The zero-order valence-corrected chi connectivity index (χ0v) is 15.5. The van der Waals surface area contributed by atoms with Crippen molar-refractivity contribution in [1.29, 1.82) is 0 Å². The lowest BCUT2D eigenvalue weighted by Crippen LogP contribution is -2.26. The molecule has 0 radical (unpaired) electrons. The van der Waals surface area contributed by atoms with Crippen LogP contribution in [0.25, 0.3) is 11.1 Å². The molecular weight excluding hydrogens is 304 g/mol. The molecule has 0 aliphatic heterocycles. The monoisotopic (exact) mass is 330 g/mol. The third-order valence-electron chi connectivity index (χ3n) is 2.93. The zero-order chi connectivity index (χ0) is 18.0. The van der Waals surface area contributed by atoms with Crippen LogP contribution in [0.15, 0.2) is 30.5 Å². The summed E-state index contributed by atoms with van der Waals surface area (Å²) in [6, 6.07) is 8.01. The molecule has 24 heavy (non-hydrogen) atoms. The number of benzene rings is 1. The summed E-state index contributed by atoms with van der Waals surface area (Å²) in [5.41, 5.74) is 0.861. The molecule has 0 fully saturated rings. The number of para-hydroxylation sites is 1. The molecule has 0 amide bonds. The number of aromatic nitrogens is 2. The lowest BCUT2D eigenvalue weighted by molar-refractivity contribution is 0.103. The quantitative estimate of drug-likeness (QED) is 0.826. The highest BCUT2D eigenvalue weighted by Gasteiger charge is 2.22. The second kappa shape index (κ2) is 6.67. The van der Waals surface area contributed by atoms with Crippen molar-refractivity contribution in [3.05, 3.63) is 30.5 Å². The Morgan fingerprint density at radius 1 is 0.833 bits per heavy atom. The highest BCUT2D eigenvalue weighted by Crippen LogP contribution is 2.37. The van der Waals surface area contributed by atoms with Crippen LogP contribution < -0.4 is 14.2 Å². The van der Waals surface area contributed by atoms with Crippen molar-refractivity contribution in [3.8, 4) is 28.8 Å². The Bertz CT molecular complexity index is 700. The molecule has 0 N–H and O–H groups in total. The molecule has 0 bridgehead atoms. The SMILES string of the molecule is COc1ccccc1-c1cnc(OC(C)(C)C)nc1OC(C)(C)C. The minimum Gasteiger partial charge on any atom is -0.496 e. The fourth-order valence-corrected chi connectivity index (χ4v) is 2.09. The van der Waals surface area contributed by atoms with Crippen LogP contribution >= 0.6 is 0 Å². The number of nitrogens with zero attached hydrogens (tertiary/aromatic N) is 2. The molecule has 0 unspecified atom stereocenters. The second-order valence-electron chi connectivity index (χ2n) is 7.50. The summed E-state index contributed by atoms with van der Waals surface area (Å²) in [6.45, 7) is 11.8. The van der Waals surface area contributed by atoms with Gasteiger partial charge in [-0.15, -0.1) is 0 Å². The predicted molar refractivity (Wildman–Crippen MR) is 94.8 cm³/mol. The summed E-state index contributed by atoms with van der Waals surface area (Å²) >= 11 is 0. The summed E-state index contributed by atoms with van der Waals surface area (Å²) < 4.78 is 17.3. The molecule has 0 atom stereocenters. The molecule has 5 nitrogen and oxygen atoms in total. The van der Waals surface area contributed by atoms with Crippen LogP contribution in [0.1, 0.15) is 41.5 Å². The van der Waals surface area contributed by atoms with E-state index >= 15 is 0 Å². The first-order valence-corrected chi connectivity index (χ1v) is 7.97. The Morgan fingerprint density at radius 3 is 2.04 bits per heavy atom. The van der Waals surface area contributed by atoms with Crippen molar-refractivity contribution in [2.45, 2.75) is 52.7 Å². The average Bonchev–Trinajstić information content (AvgIpc) is 2.44. The van der Waals surface area contributed by atoms with Gasteiger partial charge >= 0.3 is 6.01 Å². The van der Waals surface area contributed by atoms with Crippen molar-refractivity contribution >= 4 is 0 Å². The first-order valence-electron chi connectivity index (χ1n) is 7.97. The Labute approximate surface area is 144 Å². The van der Waals surface area contributed by atoms with Gasteiger partial charge in [0, 0.05) is 11.8 Å². The number of rotatable bonds is 4. The maximum absolute atomic E-state index is 6.06. The van der Waals surface area contributed by atoms with Crippen LogP contribution in [0.2, 0.25) is 0 Å². The van der Waals surface area contributed by atoms with E-state index in [9.17, 15) is 0 Å². The van der Waals surface area contributed by atoms with Crippen molar-refractivity contribution in [2.75, 3.05) is 7.11 Å². The molecule has 0 spiro atoms. The molecule has 130 valence electrons. The van der Waals surface area contributed by atoms with E-state index in [2.05, 4.69) is 9.97 Å². The maximum atomic E-state index is 6.06. The fourth-order valence-electron chi connectivity index (χ4n) is 2.09. The summed E-state index contributed by atoms with van der Waals surface area (Å²) in [5, 5.41) is 0. The molecule has 2 aromatic rings. The van der Waals surface area contributed by atoms with E-state index in [1.165, 1.54) is 0 Å². The third kappa shape index (κ3) is 4.85. The van der Waals surface area contributed by atoms with Gasteiger partial charge in [-0.1, -0.05) is 18.2 Å². The van der Waals surface area contributed by atoms with Gasteiger partial charge in [0.25, 0.3) is 0 Å². The molecule has 1 aromatic carbocycles. The maximum Gasteiger partial charge on any atom is 0.320 e. The molecule has 0 saturated carbocycles.